The quantitative estimate of drug-likeness (QED) is 0.695. The molecule has 0 radical (unpaired) electrons. The Balaban J connectivity index is 1.32. The summed E-state index contributed by atoms with van der Waals surface area (Å²) in [6.45, 7) is 6.32. The summed E-state index contributed by atoms with van der Waals surface area (Å²) in [5, 5.41) is 2.04. The zero-order valence-corrected chi connectivity index (χ0v) is 15.1. The van der Waals surface area contributed by atoms with Crippen LogP contribution in [0.15, 0.2) is 48.5 Å². The Bertz CT molecular complexity index is 791. The first-order chi connectivity index (χ1) is 11.8. The van der Waals surface area contributed by atoms with E-state index in [4.69, 9.17) is 16.6 Å². The van der Waals surface area contributed by atoms with Gasteiger partial charge < -0.3 is 0 Å². The monoisotopic (exact) mass is 357 g/mol. The smallest absolute Gasteiger partial charge is 0.108 e. The molecule has 1 aliphatic rings. The van der Waals surface area contributed by atoms with Gasteiger partial charge in [0.05, 0.1) is 16.8 Å². The van der Waals surface area contributed by atoms with E-state index in [1.165, 1.54) is 15.3 Å². The Kier molecular flexibility index (Phi) is 4.81. The molecule has 0 unspecified atom stereocenters. The summed E-state index contributed by atoms with van der Waals surface area (Å²) in [6.07, 6.45) is 0. The molecule has 1 aliphatic heterocycles. The summed E-state index contributed by atoms with van der Waals surface area (Å²) in [5.74, 6) is 0. The van der Waals surface area contributed by atoms with E-state index in [1.807, 2.05) is 23.5 Å². The first-order valence-corrected chi connectivity index (χ1v) is 9.49. The van der Waals surface area contributed by atoms with Crippen LogP contribution in [-0.2, 0) is 13.1 Å². The van der Waals surface area contributed by atoms with Crippen molar-refractivity contribution in [3.05, 3.63) is 64.1 Å². The van der Waals surface area contributed by atoms with Gasteiger partial charge in [0.25, 0.3) is 0 Å². The zero-order valence-electron chi connectivity index (χ0n) is 13.5. The zero-order chi connectivity index (χ0) is 16.4. The summed E-state index contributed by atoms with van der Waals surface area (Å²) >= 11 is 7.89. The Morgan fingerprint density at radius 2 is 1.67 bits per heavy atom. The van der Waals surface area contributed by atoms with E-state index in [-0.39, 0.29) is 0 Å². The number of thiazole rings is 1. The van der Waals surface area contributed by atoms with Gasteiger partial charge in [-0.15, -0.1) is 11.3 Å². The molecule has 3 aromatic rings. The molecule has 0 atom stereocenters. The lowest BCUT2D eigenvalue weighted by molar-refractivity contribution is 0.122. The molecule has 1 fully saturated rings. The van der Waals surface area contributed by atoms with Crippen LogP contribution in [0.5, 0.6) is 0 Å². The Morgan fingerprint density at radius 3 is 2.42 bits per heavy atom. The van der Waals surface area contributed by atoms with Crippen molar-refractivity contribution in [1.82, 2.24) is 14.8 Å². The molecule has 2 heterocycles. The van der Waals surface area contributed by atoms with Crippen LogP contribution in [0, 0.1) is 0 Å². The number of hydrogen-bond donors (Lipinski definition) is 0. The highest BCUT2D eigenvalue weighted by Crippen LogP contribution is 2.23. The lowest BCUT2D eigenvalue weighted by Crippen LogP contribution is -2.45. The first-order valence-electron chi connectivity index (χ1n) is 8.30. The SMILES string of the molecule is Clc1cccc(CN2CCN(Cc3nc4ccccc4s3)CC2)c1. The third kappa shape index (κ3) is 3.78. The van der Waals surface area contributed by atoms with Gasteiger partial charge in [-0.3, -0.25) is 9.80 Å². The van der Waals surface area contributed by atoms with Crippen molar-refractivity contribution in [3.8, 4) is 0 Å². The normalized spacial score (nSPS) is 16.7. The van der Waals surface area contributed by atoms with Crippen molar-refractivity contribution in [2.75, 3.05) is 26.2 Å². The minimum absolute atomic E-state index is 0.821. The van der Waals surface area contributed by atoms with E-state index in [1.54, 1.807) is 0 Å². The van der Waals surface area contributed by atoms with Crippen LogP contribution >= 0.6 is 22.9 Å². The molecule has 124 valence electrons. The minimum Gasteiger partial charge on any atom is -0.297 e. The molecule has 1 saturated heterocycles. The fraction of sp³-hybridized carbons (Fsp3) is 0.316. The lowest BCUT2D eigenvalue weighted by Gasteiger charge is -2.34. The van der Waals surface area contributed by atoms with Crippen LogP contribution in [-0.4, -0.2) is 41.0 Å². The second-order valence-electron chi connectivity index (χ2n) is 6.26. The predicted octanol–water partition coefficient (Wildman–Crippen LogP) is 4.27. The Hall–Kier alpha value is -1.46. The summed E-state index contributed by atoms with van der Waals surface area (Å²) in [6, 6.07) is 16.6. The number of halogens is 1. The van der Waals surface area contributed by atoms with Crippen molar-refractivity contribution in [2.24, 2.45) is 0 Å². The van der Waals surface area contributed by atoms with E-state index in [2.05, 4.69) is 46.2 Å². The van der Waals surface area contributed by atoms with E-state index in [0.29, 0.717) is 0 Å². The van der Waals surface area contributed by atoms with Crippen LogP contribution in [0.1, 0.15) is 10.6 Å². The molecule has 1 aromatic heterocycles. The topological polar surface area (TPSA) is 19.4 Å². The summed E-state index contributed by atoms with van der Waals surface area (Å²) < 4.78 is 1.28. The summed E-state index contributed by atoms with van der Waals surface area (Å²) in [4.78, 5) is 9.76. The molecule has 3 nitrogen and oxygen atoms in total. The molecule has 0 spiro atoms. The maximum Gasteiger partial charge on any atom is 0.108 e. The van der Waals surface area contributed by atoms with Crippen LogP contribution in [0.25, 0.3) is 10.2 Å². The van der Waals surface area contributed by atoms with Gasteiger partial charge in [0.1, 0.15) is 5.01 Å². The van der Waals surface area contributed by atoms with Crippen molar-refractivity contribution < 1.29 is 0 Å². The van der Waals surface area contributed by atoms with Gasteiger partial charge in [0.2, 0.25) is 0 Å². The standard InChI is InChI=1S/C19H20ClN3S/c20-16-5-3-4-15(12-16)13-22-8-10-23(11-9-22)14-19-21-17-6-1-2-7-18(17)24-19/h1-7,12H,8-11,13-14H2. The molecule has 0 bridgehead atoms. The molecule has 0 saturated carbocycles. The van der Waals surface area contributed by atoms with Gasteiger partial charge >= 0.3 is 0 Å². The second kappa shape index (κ2) is 7.19. The van der Waals surface area contributed by atoms with Crippen molar-refractivity contribution in [3.63, 3.8) is 0 Å². The molecule has 0 aliphatic carbocycles. The van der Waals surface area contributed by atoms with Crippen LogP contribution < -0.4 is 0 Å². The first kappa shape index (κ1) is 16.0. The lowest BCUT2D eigenvalue weighted by atomic mass is 10.2. The second-order valence-corrected chi connectivity index (χ2v) is 7.81. The molecule has 0 N–H and O–H groups in total. The molecular formula is C19H20ClN3S. The van der Waals surface area contributed by atoms with Crippen LogP contribution in [0.2, 0.25) is 5.02 Å². The maximum absolute atomic E-state index is 6.08. The molecule has 4 rings (SSSR count). The van der Waals surface area contributed by atoms with Crippen LogP contribution in [0.4, 0.5) is 0 Å². The number of benzene rings is 2. The summed E-state index contributed by atoms with van der Waals surface area (Å²) in [7, 11) is 0. The fourth-order valence-corrected chi connectivity index (χ4v) is 4.40. The highest BCUT2D eigenvalue weighted by atomic mass is 35.5. The van der Waals surface area contributed by atoms with Gasteiger partial charge in [-0.1, -0.05) is 35.9 Å². The van der Waals surface area contributed by atoms with E-state index >= 15 is 0 Å². The van der Waals surface area contributed by atoms with Crippen molar-refractivity contribution in [2.45, 2.75) is 13.1 Å². The minimum atomic E-state index is 0.821. The molecule has 2 aromatic carbocycles. The number of para-hydroxylation sites is 1. The van der Waals surface area contributed by atoms with E-state index in [9.17, 15) is 0 Å². The number of fused-ring (bicyclic) bond motifs is 1. The van der Waals surface area contributed by atoms with Crippen molar-refractivity contribution in [1.29, 1.82) is 0 Å². The number of nitrogens with zero attached hydrogens (tertiary/aromatic N) is 3. The molecular weight excluding hydrogens is 338 g/mol. The Labute approximate surface area is 151 Å². The third-order valence-electron chi connectivity index (χ3n) is 4.46. The number of rotatable bonds is 4. The average Bonchev–Trinajstić information content (AvgIpc) is 2.99. The summed E-state index contributed by atoms with van der Waals surface area (Å²) in [5.41, 5.74) is 2.42. The van der Waals surface area contributed by atoms with Crippen LogP contribution in [0.3, 0.4) is 0 Å². The van der Waals surface area contributed by atoms with Gasteiger partial charge in [0, 0.05) is 37.7 Å². The number of piperazine rings is 1. The third-order valence-corrected chi connectivity index (χ3v) is 5.71. The van der Waals surface area contributed by atoms with E-state index < -0.39 is 0 Å². The highest BCUT2D eigenvalue weighted by Gasteiger charge is 2.18. The van der Waals surface area contributed by atoms with Gasteiger partial charge in [-0.25, -0.2) is 4.98 Å². The fourth-order valence-electron chi connectivity index (χ4n) is 3.18. The Morgan fingerprint density at radius 1 is 0.917 bits per heavy atom. The molecule has 24 heavy (non-hydrogen) atoms. The average molecular weight is 358 g/mol. The highest BCUT2D eigenvalue weighted by molar-refractivity contribution is 7.18. The van der Waals surface area contributed by atoms with Gasteiger partial charge in [0.15, 0.2) is 0 Å². The largest absolute Gasteiger partial charge is 0.297 e. The molecule has 0 amide bonds. The van der Waals surface area contributed by atoms with E-state index in [0.717, 1.165) is 49.8 Å². The molecule has 5 heteroatoms. The number of hydrogen-bond acceptors (Lipinski definition) is 4. The maximum atomic E-state index is 6.08. The number of aromatic nitrogens is 1. The van der Waals surface area contributed by atoms with Gasteiger partial charge in [-0.05, 0) is 29.8 Å². The van der Waals surface area contributed by atoms with Crippen molar-refractivity contribution >= 4 is 33.2 Å². The van der Waals surface area contributed by atoms with Gasteiger partial charge in [-0.2, -0.15) is 0 Å². The predicted molar refractivity (Wildman–Crippen MR) is 102 cm³/mol.